The van der Waals surface area contributed by atoms with Crippen LogP contribution in [0.15, 0.2) is 30.3 Å². The SMILES string of the molecule is COc1ccc(-c2cccc3c2COC3=O)c(OCC2(C(=O)OC3CCCCCC3)CCC2)c1OC. The van der Waals surface area contributed by atoms with Crippen molar-refractivity contribution >= 4 is 11.9 Å². The zero-order valence-corrected chi connectivity index (χ0v) is 21.1. The first-order valence-electron chi connectivity index (χ1n) is 12.9. The van der Waals surface area contributed by atoms with Gasteiger partial charge in [0.15, 0.2) is 11.5 Å². The third-order valence-corrected chi connectivity index (χ3v) is 7.85. The Hall–Kier alpha value is -3.22. The van der Waals surface area contributed by atoms with Crippen molar-refractivity contribution in [3.63, 3.8) is 0 Å². The molecule has 5 rings (SSSR count). The Balaban J connectivity index is 1.45. The highest BCUT2D eigenvalue weighted by molar-refractivity contribution is 5.96. The van der Waals surface area contributed by atoms with Gasteiger partial charge in [0.1, 0.15) is 24.7 Å². The van der Waals surface area contributed by atoms with Crippen molar-refractivity contribution in [3.8, 4) is 28.4 Å². The predicted molar refractivity (Wildman–Crippen MR) is 133 cm³/mol. The molecular formula is C29H34O7. The van der Waals surface area contributed by atoms with E-state index < -0.39 is 5.41 Å². The summed E-state index contributed by atoms with van der Waals surface area (Å²) < 4.78 is 29.0. The molecule has 1 heterocycles. The Labute approximate surface area is 212 Å². The molecule has 7 nitrogen and oxygen atoms in total. The van der Waals surface area contributed by atoms with Gasteiger partial charge in [-0.05, 0) is 62.3 Å². The van der Waals surface area contributed by atoms with Gasteiger partial charge in [0, 0.05) is 11.1 Å². The van der Waals surface area contributed by atoms with Crippen LogP contribution < -0.4 is 14.2 Å². The first-order valence-corrected chi connectivity index (χ1v) is 12.9. The molecule has 3 aliphatic rings. The number of benzene rings is 2. The fraction of sp³-hybridized carbons (Fsp3) is 0.517. The number of ether oxygens (including phenoxy) is 5. The number of rotatable bonds is 8. The van der Waals surface area contributed by atoms with Gasteiger partial charge in [0.2, 0.25) is 5.75 Å². The average Bonchev–Trinajstić information content (AvgIpc) is 3.07. The van der Waals surface area contributed by atoms with Gasteiger partial charge in [-0.15, -0.1) is 0 Å². The second-order valence-corrected chi connectivity index (χ2v) is 10.0. The smallest absolute Gasteiger partial charge is 0.338 e. The van der Waals surface area contributed by atoms with E-state index in [0.717, 1.165) is 61.6 Å². The number of cyclic esters (lactones) is 1. The minimum absolute atomic E-state index is 0.00355. The standard InChI is InChI=1S/C29H34O7/c1-32-24-14-13-21(20-11-7-12-22-23(20)17-34-27(22)30)25(26(24)33-2)35-18-29(15-8-16-29)28(31)36-19-9-5-3-4-6-10-19/h7,11-14,19H,3-6,8-10,15-18H2,1-2H3. The fourth-order valence-corrected chi connectivity index (χ4v) is 5.51. The lowest BCUT2D eigenvalue weighted by Crippen LogP contribution is -2.45. The summed E-state index contributed by atoms with van der Waals surface area (Å²) >= 11 is 0. The van der Waals surface area contributed by atoms with E-state index in [1.165, 1.54) is 12.8 Å². The van der Waals surface area contributed by atoms with Gasteiger partial charge in [-0.25, -0.2) is 4.79 Å². The number of hydrogen-bond acceptors (Lipinski definition) is 7. The molecule has 0 spiro atoms. The molecule has 0 atom stereocenters. The maximum Gasteiger partial charge on any atom is 0.338 e. The molecule has 0 amide bonds. The van der Waals surface area contributed by atoms with Crippen LogP contribution >= 0.6 is 0 Å². The minimum Gasteiger partial charge on any atom is -0.493 e. The Morgan fingerprint density at radius 3 is 2.33 bits per heavy atom. The molecule has 2 aromatic rings. The Morgan fingerprint density at radius 1 is 0.917 bits per heavy atom. The lowest BCUT2D eigenvalue weighted by Gasteiger charge is -2.40. The number of fused-ring (bicyclic) bond motifs is 1. The van der Waals surface area contributed by atoms with Gasteiger partial charge in [-0.1, -0.05) is 31.4 Å². The maximum atomic E-state index is 13.4. The highest BCUT2D eigenvalue weighted by Crippen LogP contribution is 2.49. The molecule has 2 aliphatic carbocycles. The van der Waals surface area contributed by atoms with Crippen LogP contribution in [0.4, 0.5) is 0 Å². The molecule has 7 heteroatoms. The zero-order chi connectivity index (χ0) is 25.1. The second kappa shape index (κ2) is 10.4. The van der Waals surface area contributed by atoms with Crippen molar-refractivity contribution in [2.75, 3.05) is 20.8 Å². The van der Waals surface area contributed by atoms with E-state index >= 15 is 0 Å². The number of carbonyl (C=O) groups is 2. The number of methoxy groups -OCH3 is 2. The van der Waals surface area contributed by atoms with Crippen LogP contribution in [0.1, 0.15) is 73.7 Å². The van der Waals surface area contributed by atoms with Crippen molar-refractivity contribution in [3.05, 3.63) is 41.5 Å². The molecule has 0 unspecified atom stereocenters. The molecule has 36 heavy (non-hydrogen) atoms. The summed E-state index contributed by atoms with van der Waals surface area (Å²) in [6.45, 7) is 0.398. The van der Waals surface area contributed by atoms with Crippen molar-refractivity contribution < 1.29 is 33.3 Å². The van der Waals surface area contributed by atoms with E-state index in [-0.39, 0.29) is 31.3 Å². The van der Waals surface area contributed by atoms with Crippen LogP contribution in [-0.2, 0) is 20.9 Å². The number of hydrogen-bond donors (Lipinski definition) is 0. The summed E-state index contributed by atoms with van der Waals surface area (Å²) in [5, 5.41) is 0. The summed E-state index contributed by atoms with van der Waals surface area (Å²) in [5.74, 6) is 0.982. The third-order valence-electron chi connectivity index (χ3n) is 7.85. The highest BCUT2D eigenvalue weighted by Gasteiger charge is 2.47. The van der Waals surface area contributed by atoms with Gasteiger partial charge in [0.05, 0.1) is 19.8 Å². The Bertz CT molecular complexity index is 1130. The van der Waals surface area contributed by atoms with Crippen LogP contribution in [-0.4, -0.2) is 38.9 Å². The molecular weight excluding hydrogens is 460 g/mol. The maximum absolute atomic E-state index is 13.4. The van der Waals surface area contributed by atoms with E-state index in [0.29, 0.717) is 22.8 Å². The molecule has 0 bridgehead atoms. The average molecular weight is 495 g/mol. The topological polar surface area (TPSA) is 80.3 Å². The van der Waals surface area contributed by atoms with Crippen molar-refractivity contribution in [2.45, 2.75) is 70.5 Å². The van der Waals surface area contributed by atoms with E-state index in [1.807, 2.05) is 24.3 Å². The van der Waals surface area contributed by atoms with Gasteiger partial charge in [-0.3, -0.25) is 4.79 Å². The van der Waals surface area contributed by atoms with Crippen LogP contribution in [0.25, 0.3) is 11.1 Å². The molecule has 192 valence electrons. The molecule has 0 aromatic heterocycles. The Kier molecular flexibility index (Phi) is 7.08. The quantitative estimate of drug-likeness (QED) is 0.336. The molecule has 1 aliphatic heterocycles. The van der Waals surface area contributed by atoms with E-state index in [4.69, 9.17) is 23.7 Å². The normalized spacial score (nSPS) is 18.9. The second-order valence-electron chi connectivity index (χ2n) is 10.0. The largest absolute Gasteiger partial charge is 0.493 e. The monoisotopic (exact) mass is 494 g/mol. The zero-order valence-electron chi connectivity index (χ0n) is 21.1. The lowest BCUT2D eigenvalue weighted by atomic mass is 9.69. The molecule has 0 N–H and O–H groups in total. The summed E-state index contributed by atoms with van der Waals surface area (Å²) in [6, 6.07) is 9.25. The van der Waals surface area contributed by atoms with Crippen LogP contribution in [0.2, 0.25) is 0 Å². The van der Waals surface area contributed by atoms with E-state index in [9.17, 15) is 9.59 Å². The lowest BCUT2D eigenvalue weighted by molar-refractivity contribution is -0.170. The minimum atomic E-state index is -0.657. The molecule has 2 aromatic carbocycles. The molecule has 0 saturated heterocycles. The summed E-state index contributed by atoms with van der Waals surface area (Å²) in [7, 11) is 3.14. The molecule has 0 radical (unpaired) electrons. The number of carbonyl (C=O) groups excluding carboxylic acids is 2. The summed E-state index contributed by atoms with van der Waals surface area (Å²) in [4.78, 5) is 25.5. The first-order chi connectivity index (χ1) is 17.6. The van der Waals surface area contributed by atoms with Crippen LogP contribution in [0, 0.1) is 5.41 Å². The van der Waals surface area contributed by atoms with Crippen molar-refractivity contribution in [1.29, 1.82) is 0 Å². The van der Waals surface area contributed by atoms with Gasteiger partial charge < -0.3 is 23.7 Å². The predicted octanol–water partition coefficient (Wildman–Crippen LogP) is 5.86. The molecule has 2 saturated carbocycles. The van der Waals surface area contributed by atoms with Gasteiger partial charge in [-0.2, -0.15) is 0 Å². The molecule has 2 fully saturated rings. The fourth-order valence-electron chi connectivity index (χ4n) is 5.51. The third kappa shape index (κ3) is 4.51. The van der Waals surface area contributed by atoms with Crippen molar-refractivity contribution in [1.82, 2.24) is 0 Å². The summed E-state index contributed by atoms with van der Waals surface area (Å²) in [6.07, 6.45) is 8.97. The van der Waals surface area contributed by atoms with Crippen LogP contribution in [0.5, 0.6) is 17.2 Å². The summed E-state index contributed by atoms with van der Waals surface area (Å²) in [5.41, 5.74) is 2.30. The first kappa shape index (κ1) is 24.5. The highest BCUT2D eigenvalue weighted by atomic mass is 16.6. The Morgan fingerprint density at radius 2 is 1.67 bits per heavy atom. The number of esters is 2. The van der Waals surface area contributed by atoms with Crippen molar-refractivity contribution in [2.24, 2.45) is 5.41 Å². The van der Waals surface area contributed by atoms with Gasteiger partial charge >= 0.3 is 11.9 Å². The van der Waals surface area contributed by atoms with Gasteiger partial charge in [0.25, 0.3) is 0 Å². The van der Waals surface area contributed by atoms with Crippen LogP contribution in [0.3, 0.4) is 0 Å². The van der Waals surface area contributed by atoms with E-state index in [1.54, 1.807) is 20.3 Å². The van der Waals surface area contributed by atoms with E-state index in [2.05, 4.69) is 0 Å².